The van der Waals surface area contributed by atoms with Crippen LogP contribution in [0.5, 0.6) is 0 Å². The second kappa shape index (κ2) is 7.67. The molecular formula is C32H43NO4. The van der Waals surface area contributed by atoms with Gasteiger partial charge in [0.2, 0.25) is 0 Å². The van der Waals surface area contributed by atoms with Gasteiger partial charge in [-0.05, 0) is 79.1 Å². The van der Waals surface area contributed by atoms with Crippen molar-refractivity contribution in [1.29, 1.82) is 5.26 Å². The van der Waals surface area contributed by atoms with Gasteiger partial charge in [0.1, 0.15) is 6.07 Å². The molecule has 5 nitrogen and oxygen atoms in total. The van der Waals surface area contributed by atoms with Crippen LogP contribution in [0, 0.1) is 61.6 Å². The summed E-state index contributed by atoms with van der Waals surface area (Å²) in [5.74, 6) is -0.376. The Kier molecular flexibility index (Phi) is 5.47. The molecule has 3 fully saturated rings. The van der Waals surface area contributed by atoms with Crippen molar-refractivity contribution in [2.75, 3.05) is 7.11 Å². The van der Waals surface area contributed by atoms with Crippen LogP contribution in [0.1, 0.15) is 93.4 Å². The van der Waals surface area contributed by atoms with Gasteiger partial charge < -0.3 is 4.74 Å². The van der Waals surface area contributed by atoms with Crippen LogP contribution in [0.4, 0.5) is 0 Å². The minimum atomic E-state index is -0.669. The number of rotatable bonds is 1. The topological polar surface area (TPSA) is 84.2 Å². The molecule has 0 saturated heterocycles. The van der Waals surface area contributed by atoms with Gasteiger partial charge in [-0.15, -0.1) is 0 Å². The van der Waals surface area contributed by atoms with Crippen molar-refractivity contribution in [2.45, 2.75) is 93.4 Å². The first-order chi connectivity index (χ1) is 17.0. The molecule has 0 radical (unpaired) electrons. The SMILES string of the molecule is COC(=O)[C@@]12CCC(C)(C)C[C@@H]1C1C(=O)C=C3[C@]4(C)C=C(C#N)C(=O)C(C)(C)[C@@H]4CC[C@@]3(C)[C@]1(C)CC2. The highest BCUT2D eigenvalue weighted by Crippen LogP contribution is 2.74. The summed E-state index contributed by atoms with van der Waals surface area (Å²) in [5.41, 5.74) is -1.02. The third-order valence-corrected chi connectivity index (χ3v) is 12.5. The molecule has 0 aromatic heterocycles. The van der Waals surface area contributed by atoms with Crippen LogP contribution in [0.2, 0.25) is 0 Å². The maximum absolute atomic E-state index is 14.4. The average Bonchev–Trinajstić information content (AvgIpc) is 2.82. The van der Waals surface area contributed by atoms with E-state index >= 15 is 0 Å². The molecule has 5 rings (SSSR count). The second-order valence-electron chi connectivity index (χ2n) is 14.9. The van der Waals surface area contributed by atoms with Gasteiger partial charge in [0.25, 0.3) is 0 Å². The molecule has 5 aliphatic carbocycles. The van der Waals surface area contributed by atoms with E-state index in [-0.39, 0.29) is 57.1 Å². The largest absolute Gasteiger partial charge is 0.469 e. The summed E-state index contributed by atoms with van der Waals surface area (Å²) in [5, 5.41) is 9.86. The number of carbonyl (C=O) groups excluding carboxylic acids is 3. The van der Waals surface area contributed by atoms with Gasteiger partial charge in [0.15, 0.2) is 11.6 Å². The van der Waals surface area contributed by atoms with Gasteiger partial charge in [-0.1, -0.05) is 60.1 Å². The minimum absolute atomic E-state index is 0.0308. The standard InChI is InChI=1S/C32H43NO4/c1-27(2)11-13-32(26(36)37-8)14-12-31(7)24(20(32)17-27)21(34)15-23-29(5)16-19(18-33)25(35)28(3,4)22(29)9-10-30(23,31)6/h15-16,20,22,24H,9-14,17H2,1-8H3/t20-,22+,24?,29-,30-,31-,32-/m1/s1. The maximum atomic E-state index is 14.4. The number of fused-ring (bicyclic) bond motifs is 7. The summed E-state index contributed by atoms with van der Waals surface area (Å²) in [6.45, 7) is 15.2. The predicted octanol–water partition coefficient (Wildman–Crippen LogP) is 6.38. The fourth-order valence-electron chi connectivity index (χ4n) is 10.2. The van der Waals surface area contributed by atoms with Gasteiger partial charge in [0, 0.05) is 16.7 Å². The van der Waals surface area contributed by atoms with E-state index in [1.165, 1.54) is 7.11 Å². The predicted molar refractivity (Wildman–Crippen MR) is 141 cm³/mol. The first kappa shape index (κ1) is 26.4. The molecule has 0 spiro atoms. The van der Waals surface area contributed by atoms with Crippen molar-refractivity contribution >= 4 is 17.5 Å². The highest BCUT2D eigenvalue weighted by Gasteiger charge is 2.71. The summed E-state index contributed by atoms with van der Waals surface area (Å²) in [4.78, 5) is 40.9. The third-order valence-electron chi connectivity index (χ3n) is 12.5. The van der Waals surface area contributed by atoms with Crippen molar-refractivity contribution in [3.63, 3.8) is 0 Å². The van der Waals surface area contributed by atoms with Gasteiger partial charge >= 0.3 is 5.97 Å². The Bertz CT molecular complexity index is 1200. The molecule has 37 heavy (non-hydrogen) atoms. The zero-order chi connectivity index (χ0) is 27.4. The van der Waals surface area contributed by atoms with Crippen LogP contribution in [0.25, 0.3) is 0 Å². The number of hydrogen-bond acceptors (Lipinski definition) is 5. The summed E-state index contributed by atoms with van der Waals surface area (Å²) in [7, 11) is 1.48. The Labute approximate surface area is 222 Å². The van der Waals surface area contributed by atoms with E-state index in [4.69, 9.17) is 4.74 Å². The molecule has 200 valence electrons. The van der Waals surface area contributed by atoms with E-state index < -0.39 is 16.2 Å². The monoisotopic (exact) mass is 505 g/mol. The Morgan fingerprint density at radius 2 is 1.65 bits per heavy atom. The highest BCUT2D eigenvalue weighted by molar-refractivity contribution is 6.04. The lowest BCUT2D eigenvalue weighted by molar-refractivity contribution is -0.191. The molecule has 0 bridgehead atoms. The molecule has 5 heteroatoms. The molecular weight excluding hydrogens is 462 g/mol. The molecule has 0 aromatic rings. The third kappa shape index (κ3) is 3.11. The number of hydrogen-bond donors (Lipinski definition) is 0. The molecule has 0 N–H and O–H groups in total. The fourth-order valence-corrected chi connectivity index (χ4v) is 10.2. The molecule has 0 aliphatic heterocycles. The second-order valence-corrected chi connectivity index (χ2v) is 14.9. The number of carbonyl (C=O) groups is 3. The van der Waals surface area contributed by atoms with E-state index in [0.717, 1.165) is 50.5 Å². The average molecular weight is 506 g/mol. The molecule has 7 atom stereocenters. The first-order valence-electron chi connectivity index (χ1n) is 14.1. The minimum Gasteiger partial charge on any atom is -0.469 e. The number of allylic oxidation sites excluding steroid dienone is 4. The fraction of sp³-hybridized carbons (Fsp3) is 0.750. The normalized spacial score (nSPS) is 45.6. The Morgan fingerprint density at radius 3 is 2.27 bits per heavy atom. The number of nitrogens with zero attached hydrogens (tertiary/aromatic N) is 1. The molecule has 3 saturated carbocycles. The van der Waals surface area contributed by atoms with Gasteiger partial charge in [-0.25, -0.2) is 0 Å². The van der Waals surface area contributed by atoms with E-state index in [9.17, 15) is 19.6 Å². The van der Waals surface area contributed by atoms with Crippen molar-refractivity contribution in [1.82, 2.24) is 0 Å². The van der Waals surface area contributed by atoms with E-state index in [0.29, 0.717) is 0 Å². The van der Waals surface area contributed by atoms with Crippen LogP contribution in [0.15, 0.2) is 23.3 Å². The van der Waals surface area contributed by atoms with Gasteiger partial charge in [0.05, 0.1) is 18.1 Å². The van der Waals surface area contributed by atoms with E-state index in [2.05, 4.69) is 40.7 Å². The van der Waals surface area contributed by atoms with Crippen LogP contribution in [-0.4, -0.2) is 24.6 Å². The lowest BCUT2D eigenvalue weighted by atomic mass is 9.34. The number of esters is 1. The molecule has 1 unspecified atom stereocenters. The van der Waals surface area contributed by atoms with Crippen molar-refractivity contribution in [2.24, 2.45) is 50.2 Å². The summed E-state index contributed by atoms with van der Waals surface area (Å²) in [6.07, 6.45) is 9.65. The van der Waals surface area contributed by atoms with Gasteiger partial charge in [-0.2, -0.15) is 5.26 Å². The number of nitriles is 1. The first-order valence-corrected chi connectivity index (χ1v) is 14.1. The lowest BCUT2D eigenvalue weighted by Crippen LogP contribution is -2.65. The molecule has 5 aliphatic rings. The van der Waals surface area contributed by atoms with E-state index in [1.807, 2.05) is 26.0 Å². The Hall–Kier alpha value is -2.22. The number of Topliss-reactive ketones (excluding diaryl/α,β-unsaturated/α-hetero) is 1. The quantitative estimate of drug-likeness (QED) is 0.386. The Balaban J connectivity index is 1.71. The van der Waals surface area contributed by atoms with Crippen molar-refractivity contribution in [3.8, 4) is 6.07 Å². The lowest BCUT2D eigenvalue weighted by Gasteiger charge is -2.68. The molecule has 0 amide bonds. The zero-order valence-corrected chi connectivity index (χ0v) is 23.9. The van der Waals surface area contributed by atoms with E-state index in [1.54, 1.807) is 0 Å². The van der Waals surface area contributed by atoms with Crippen molar-refractivity contribution in [3.05, 3.63) is 23.3 Å². The summed E-state index contributed by atoms with van der Waals surface area (Å²) >= 11 is 0. The van der Waals surface area contributed by atoms with Gasteiger partial charge in [-0.3, -0.25) is 14.4 Å². The smallest absolute Gasteiger partial charge is 0.312 e. The zero-order valence-electron chi connectivity index (χ0n) is 23.9. The van der Waals surface area contributed by atoms with Crippen LogP contribution >= 0.6 is 0 Å². The Morgan fingerprint density at radius 1 is 1.00 bits per heavy atom. The number of methoxy groups -OCH3 is 1. The van der Waals surface area contributed by atoms with Crippen LogP contribution in [-0.2, 0) is 19.1 Å². The van der Waals surface area contributed by atoms with Crippen LogP contribution in [0.3, 0.4) is 0 Å². The molecule has 0 heterocycles. The summed E-state index contributed by atoms with van der Waals surface area (Å²) < 4.78 is 5.41. The highest BCUT2D eigenvalue weighted by atomic mass is 16.5. The summed E-state index contributed by atoms with van der Waals surface area (Å²) in [6, 6.07) is 2.17. The van der Waals surface area contributed by atoms with Crippen molar-refractivity contribution < 1.29 is 19.1 Å². The maximum Gasteiger partial charge on any atom is 0.312 e. The van der Waals surface area contributed by atoms with Crippen LogP contribution < -0.4 is 0 Å². The molecule has 0 aromatic carbocycles. The number of ether oxygens (including phenoxy) is 1. The number of ketones is 2.